The Kier molecular flexibility index (Phi) is 5.49. The molecule has 0 amide bonds. The first kappa shape index (κ1) is 17.8. The van der Waals surface area contributed by atoms with Crippen molar-refractivity contribution in [3.8, 4) is 0 Å². The Bertz CT molecular complexity index is 646. The highest BCUT2D eigenvalue weighted by Gasteiger charge is 2.29. The van der Waals surface area contributed by atoms with Crippen molar-refractivity contribution in [1.82, 2.24) is 0 Å². The van der Waals surface area contributed by atoms with Crippen LogP contribution in [-0.4, -0.2) is 24.1 Å². The summed E-state index contributed by atoms with van der Waals surface area (Å²) in [6, 6.07) is 3.57. The average Bonchev–Trinajstić information content (AvgIpc) is 2.99. The minimum atomic E-state index is -0.649. The van der Waals surface area contributed by atoms with Gasteiger partial charge in [-0.05, 0) is 45.9 Å². The van der Waals surface area contributed by atoms with Gasteiger partial charge in [-0.25, -0.2) is 9.59 Å². The number of carbonyl (C=O) groups excluding carboxylic acids is 2. The molecule has 0 N–H and O–H groups in total. The smallest absolute Gasteiger partial charge is 0.374 e. The van der Waals surface area contributed by atoms with Crippen LogP contribution in [0.1, 0.15) is 45.8 Å². The Labute approximate surface area is 141 Å². The number of ether oxygens (including phenoxy) is 3. The summed E-state index contributed by atoms with van der Waals surface area (Å²) in [7, 11) is 0. The van der Waals surface area contributed by atoms with E-state index in [9.17, 15) is 9.59 Å². The molecule has 0 bridgehead atoms. The summed E-state index contributed by atoms with van der Waals surface area (Å²) in [6.45, 7) is 7.30. The lowest BCUT2D eigenvalue weighted by Crippen LogP contribution is -2.27. The molecule has 1 aliphatic heterocycles. The van der Waals surface area contributed by atoms with Gasteiger partial charge in [-0.2, -0.15) is 0 Å². The molecule has 2 heterocycles. The van der Waals surface area contributed by atoms with Crippen LogP contribution < -0.4 is 0 Å². The average molecular weight is 334 g/mol. The van der Waals surface area contributed by atoms with Crippen LogP contribution >= 0.6 is 0 Å². The van der Waals surface area contributed by atoms with E-state index in [2.05, 4.69) is 0 Å². The third-order valence-corrected chi connectivity index (χ3v) is 3.09. The molecule has 6 nitrogen and oxygen atoms in total. The number of carbonyl (C=O) groups is 2. The maximum absolute atomic E-state index is 12.3. The van der Waals surface area contributed by atoms with Crippen molar-refractivity contribution in [3.63, 3.8) is 0 Å². The molecule has 0 aliphatic carbocycles. The summed E-state index contributed by atoms with van der Waals surface area (Å²) in [6.07, 6.45) is 4.84. The van der Waals surface area contributed by atoms with E-state index in [1.54, 1.807) is 52.2 Å². The highest BCUT2D eigenvalue weighted by atomic mass is 16.6. The summed E-state index contributed by atoms with van der Waals surface area (Å²) in [5.74, 6) is -0.290. The number of esters is 2. The van der Waals surface area contributed by atoms with E-state index >= 15 is 0 Å². The first-order valence-corrected chi connectivity index (χ1v) is 7.82. The van der Waals surface area contributed by atoms with Gasteiger partial charge in [-0.3, -0.25) is 0 Å². The fourth-order valence-corrected chi connectivity index (χ4v) is 2.20. The second kappa shape index (κ2) is 7.38. The SMILES string of the molecule is CCOC(=O)/C=C1\C[C@H](c2ccco2)C=C(C(=O)OC(C)(C)C)O1. The molecule has 24 heavy (non-hydrogen) atoms. The van der Waals surface area contributed by atoms with Crippen LogP contribution in [0.5, 0.6) is 0 Å². The lowest BCUT2D eigenvalue weighted by molar-refractivity contribution is -0.154. The third-order valence-electron chi connectivity index (χ3n) is 3.09. The van der Waals surface area contributed by atoms with E-state index in [1.807, 2.05) is 0 Å². The molecule has 0 spiro atoms. The van der Waals surface area contributed by atoms with Gasteiger partial charge in [0.15, 0.2) is 0 Å². The summed E-state index contributed by atoms with van der Waals surface area (Å²) < 4.78 is 21.2. The summed E-state index contributed by atoms with van der Waals surface area (Å²) in [4.78, 5) is 24.0. The van der Waals surface area contributed by atoms with Crippen molar-refractivity contribution in [1.29, 1.82) is 0 Å². The van der Waals surface area contributed by atoms with Crippen LogP contribution in [-0.2, 0) is 23.8 Å². The van der Waals surface area contributed by atoms with Gasteiger partial charge in [0.25, 0.3) is 0 Å². The molecule has 6 heteroatoms. The Morgan fingerprint density at radius 2 is 2.12 bits per heavy atom. The second-order valence-electron chi connectivity index (χ2n) is 6.32. The standard InChI is InChI=1S/C18H22O6/c1-5-21-16(19)11-13-9-12(14-7-6-8-22-14)10-15(23-13)17(20)24-18(2,3)4/h6-8,10-12H,5,9H2,1-4H3/b13-11+/t12-/m0/s1. The topological polar surface area (TPSA) is 75.0 Å². The highest BCUT2D eigenvalue weighted by Crippen LogP contribution is 2.34. The fourth-order valence-electron chi connectivity index (χ4n) is 2.20. The van der Waals surface area contributed by atoms with E-state index in [1.165, 1.54) is 6.08 Å². The molecule has 0 saturated heterocycles. The normalized spacial score (nSPS) is 19.4. The van der Waals surface area contributed by atoms with Gasteiger partial charge in [0, 0.05) is 12.3 Å². The van der Waals surface area contributed by atoms with Gasteiger partial charge in [0.1, 0.15) is 17.1 Å². The van der Waals surface area contributed by atoms with Crippen LogP contribution in [0, 0.1) is 0 Å². The number of rotatable bonds is 4. The van der Waals surface area contributed by atoms with Gasteiger partial charge in [0.05, 0.1) is 18.9 Å². The van der Waals surface area contributed by atoms with E-state index < -0.39 is 17.5 Å². The van der Waals surface area contributed by atoms with E-state index in [-0.39, 0.29) is 18.3 Å². The quantitative estimate of drug-likeness (QED) is 0.620. The predicted octanol–water partition coefficient (Wildman–Crippen LogP) is 3.46. The monoisotopic (exact) mass is 334 g/mol. The predicted molar refractivity (Wildman–Crippen MR) is 85.8 cm³/mol. The zero-order chi connectivity index (χ0) is 17.7. The van der Waals surface area contributed by atoms with Crippen molar-refractivity contribution < 1.29 is 28.2 Å². The maximum Gasteiger partial charge on any atom is 0.374 e. The fraction of sp³-hybridized carbons (Fsp3) is 0.444. The third kappa shape index (κ3) is 5.01. The second-order valence-corrected chi connectivity index (χ2v) is 6.32. The zero-order valence-electron chi connectivity index (χ0n) is 14.3. The molecule has 2 rings (SSSR count). The molecule has 130 valence electrons. The van der Waals surface area contributed by atoms with Gasteiger partial charge in [0.2, 0.25) is 5.76 Å². The maximum atomic E-state index is 12.3. The Morgan fingerprint density at radius 1 is 1.38 bits per heavy atom. The minimum absolute atomic E-state index is 0.0353. The molecule has 1 aromatic heterocycles. The van der Waals surface area contributed by atoms with Gasteiger partial charge >= 0.3 is 11.9 Å². The lowest BCUT2D eigenvalue weighted by atomic mass is 9.97. The van der Waals surface area contributed by atoms with Gasteiger partial charge < -0.3 is 18.6 Å². The molecule has 0 unspecified atom stereocenters. The molecule has 0 radical (unpaired) electrons. The van der Waals surface area contributed by atoms with Gasteiger partial charge in [-0.1, -0.05) is 0 Å². The Hall–Kier alpha value is -2.50. The van der Waals surface area contributed by atoms with Crippen LogP contribution in [0.2, 0.25) is 0 Å². The molecular formula is C18H22O6. The first-order valence-electron chi connectivity index (χ1n) is 7.82. The highest BCUT2D eigenvalue weighted by molar-refractivity contribution is 5.88. The molecule has 1 aromatic rings. The minimum Gasteiger partial charge on any atom is -0.469 e. The van der Waals surface area contributed by atoms with Gasteiger partial charge in [-0.15, -0.1) is 0 Å². The molecule has 1 aliphatic rings. The molecule has 0 fully saturated rings. The molecule has 0 aromatic carbocycles. The summed E-state index contributed by atoms with van der Waals surface area (Å²) in [5, 5.41) is 0. The zero-order valence-corrected chi connectivity index (χ0v) is 14.3. The van der Waals surface area contributed by atoms with Crippen molar-refractivity contribution >= 4 is 11.9 Å². The van der Waals surface area contributed by atoms with Crippen molar-refractivity contribution in [2.45, 2.75) is 45.6 Å². The number of furan rings is 1. The van der Waals surface area contributed by atoms with E-state index in [0.29, 0.717) is 17.9 Å². The Morgan fingerprint density at radius 3 is 2.71 bits per heavy atom. The number of hydrogen-bond donors (Lipinski definition) is 0. The van der Waals surface area contributed by atoms with Crippen molar-refractivity contribution in [2.75, 3.05) is 6.61 Å². The van der Waals surface area contributed by atoms with E-state index in [4.69, 9.17) is 18.6 Å². The lowest BCUT2D eigenvalue weighted by Gasteiger charge is -2.25. The van der Waals surface area contributed by atoms with E-state index in [0.717, 1.165) is 0 Å². The molecular weight excluding hydrogens is 312 g/mol. The number of hydrogen-bond acceptors (Lipinski definition) is 6. The first-order chi connectivity index (χ1) is 11.3. The summed E-state index contributed by atoms with van der Waals surface area (Å²) in [5.41, 5.74) is -0.649. The number of allylic oxidation sites excluding steroid dienone is 2. The van der Waals surface area contributed by atoms with Crippen LogP contribution in [0.15, 0.2) is 46.5 Å². The summed E-state index contributed by atoms with van der Waals surface area (Å²) >= 11 is 0. The Balaban J connectivity index is 2.26. The van der Waals surface area contributed by atoms with Crippen molar-refractivity contribution in [3.05, 3.63) is 47.8 Å². The van der Waals surface area contributed by atoms with Crippen LogP contribution in [0.4, 0.5) is 0 Å². The van der Waals surface area contributed by atoms with Crippen molar-refractivity contribution in [2.24, 2.45) is 0 Å². The molecule has 0 saturated carbocycles. The largest absolute Gasteiger partial charge is 0.469 e. The van der Waals surface area contributed by atoms with Crippen LogP contribution in [0.3, 0.4) is 0 Å². The van der Waals surface area contributed by atoms with Crippen LogP contribution in [0.25, 0.3) is 0 Å². The molecule has 1 atom stereocenters.